The fourth-order valence-electron chi connectivity index (χ4n) is 3.13. The van der Waals surface area contributed by atoms with Crippen LogP contribution in [0.25, 0.3) is 0 Å². The van der Waals surface area contributed by atoms with E-state index in [4.69, 9.17) is 4.74 Å². The molecular formula is C10H11O3Ru. The van der Waals surface area contributed by atoms with Gasteiger partial charge >= 0.3 is 92.0 Å². The van der Waals surface area contributed by atoms with Crippen LogP contribution < -0.4 is 0 Å². The third-order valence-corrected chi connectivity index (χ3v) is 5.30. The van der Waals surface area contributed by atoms with Crippen molar-refractivity contribution in [2.45, 2.75) is 30.1 Å². The Balaban J connectivity index is 2.01. The maximum absolute atomic E-state index is 11.6. The monoisotopic (exact) mass is 281 g/mol. The standard InChI is InChI=1S/C10H11O3.Ru/c1-4-2-7-8-5(11)3-6(12)9(8)10(4)13-7;/h2,4,7-10H,3H2,1H3;. The zero-order valence-electron chi connectivity index (χ0n) is 7.75. The summed E-state index contributed by atoms with van der Waals surface area (Å²) in [5.74, 6) is 0.385. The maximum atomic E-state index is 11.6. The molecule has 0 aromatic heterocycles. The van der Waals surface area contributed by atoms with Gasteiger partial charge in [-0.15, -0.1) is 0 Å². The van der Waals surface area contributed by atoms with Crippen LogP contribution in [-0.4, -0.2) is 23.8 Å². The van der Waals surface area contributed by atoms with Gasteiger partial charge in [-0.1, -0.05) is 0 Å². The Hall–Kier alpha value is -0.0766. The summed E-state index contributed by atoms with van der Waals surface area (Å²) in [7, 11) is 0. The third kappa shape index (κ3) is 0.893. The van der Waals surface area contributed by atoms with E-state index in [1.807, 2.05) is 0 Å². The van der Waals surface area contributed by atoms with Gasteiger partial charge in [0.25, 0.3) is 0 Å². The van der Waals surface area contributed by atoms with Crippen molar-refractivity contribution in [3.05, 3.63) is 0 Å². The van der Waals surface area contributed by atoms with Gasteiger partial charge in [-0.05, 0) is 0 Å². The van der Waals surface area contributed by atoms with Crippen molar-refractivity contribution >= 4 is 11.6 Å². The molecule has 1 aliphatic carbocycles. The van der Waals surface area contributed by atoms with Crippen molar-refractivity contribution in [1.29, 1.82) is 0 Å². The summed E-state index contributed by atoms with van der Waals surface area (Å²) in [6.07, 6.45) is 0.155. The molecule has 0 aromatic carbocycles. The van der Waals surface area contributed by atoms with Crippen molar-refractivity contribution in [2.24, 2.45) is 17.8 Å². The average Bonchev–Trinajstić information content (AvgIpc) is 2.71. The van der Waals surface area contributed by atoms with E-state index in [1.54, 1.807) is 0 Å². The summed E-state index contributed by atoms with van der Waals surface area (Å²) >= 11 is 2.66. The van der Waals surface area contributed by atoms with E-state index in [9.17, 15) is 9.59 Å². The van der Waals surface area contributed by atoms with Crippen molar-refractivity contribution in [3.8, 4) is 0 Å². The summed E-state index contributed by atoms with van der Waals surface area (Å²) in [6.45, 7) is 2.11. The Kier molecular flexibility index (Phi) is 1.79. The normalized spacial score (nSPS) is 55.6. The van der Waals surface area contributed by atoms with Crippen molar-refractivity contribution in [1.82, 2.24) is 0 Å². The summed E-state index contributed by atoms with van der Waals surface area (Å²) in [4.78, 5) is 23.2. The number of carbonyl (C=O) groups excluding carboxylic acids is 2. The van der Waals surface area contributed by atoms with E-state index >= 15 is 0 Å². The quantitative estimate of drug-likeness (QED) is 0.480. The van der Waals surface area contributed by atoms with Crippen molar-refractivity contribution in [3.63, 3.8) is 0 Å². The molecule has 0 amide bonds. The molecule has 6 atom stereocenters. The predicted octanol–water partition coefficient (Wildman–Crippen LogP) is 0.513. The van der Waals surface area contributed by atoms with E-state index < -0.39 is 0 Å². The Morgan fingerprint density at radius 1 is 1.21 bits per heavy atom. The molecule has 2 bridgehead atoms. The van der Waals surface area contributed by atoms with Gasteiger partial charge in [0, 0.05) is 0 Å². The summed E-state index contributed by atoms with van der Waals surface area (Å²) < 4.78 is 6.10. The molecule has 2 saturated heterocycles. The Labute approximate surface area is 92.2 Å². The van der Waals surface area contributed by atoms with Gasteiger partial charge in [-0.3, -0.25) is 0 Å². The van der Waals surface area contributed by atoms with Crippen molar-refractivity contribution in [2.75, 3.05) is 0 Å². The molecular weight excluding hydrogens is 269 g/mol. The molecule has 77 valence electrons. The average molecular weight is 280 g/mol. The first kappa shape index (κ1) is 9.17. The second kappa shape index (κ2) is 2.73. The van der Waals surface area contributed by atoms with Crippen molar-refractivity contribution < 1.29 is 32.6 Å². The molecule has 3 aliphatic rings. The number of rotatable bonds is 0. The van der Waals surface area contributed by atoms with E-state index in [2.05, 4.69) is 25.2 Å². The summed E-state index contributed by atoms with van der Waals surface area (Å²) in [6, 6.07) is 0. The van der Waals surface area contributed by atoms with E-state index in [0.717, 1.165) is 0 Å². The molecule has 2 heterocycles. The Morgan fingerprint density at radius 2 is 1.79 bits per heavy atom. The number of carbonyl (C=O) groups is 2. The first-order valence-electron chi connectivity index (χ1n) is 4.95. The minimum absolute atomic E-state index is 0.00431. The molecule has 3 nitrogen and oxygen atoms in total. The van der Waals surface area contributed by atoms with Crippen LogP contribution in [0.15, 0.2) is 0 Å². The van der Waals surface area contributed by atoms with Gasteiger partial charge in [0.05, 0.1) is 0 Å². The number of hydrogen-bond acceptors (Lipinski definition) is 3. The topological polar surface area (TPSA) is 43.4 Å². The number of ether oxygens (including phenoxy) is 1. The van der Waals surface area contributed by atoms with Gasteiger partial charge in [0.15, 0.2) is 0 Å². The number of ketones is 2. The van der Waals surface area contributed by atoms with E-state index in [1.165, 1.54) is 0 Å². The molecule has 0 radical (unpaired) electrons. The Bertz CT molecular complexity index is 297. The number of hydrogen-bond donors (Lipinski definition) is 0. The van der Waals surface area contributed by atoms with Gasteiger partial charge < -0.3 is 0 Å². The third-order valence-electron chi connectivity index (χ3n) is 3.81. The molecule has 14 heavy (non-hydrogen) atoms. The molecule has 0 aromatic rings. The predicted molar refractivity (Wildman–Crippen MR) is 43.2 cm³/mol. The fourth-order valence-corrected chi connectivity index (χ4v) is 3.95. The first-order valence-corrected chi connectivity index (χ1v) is 5.95. The van der Waals surface area contributed by atoms with Crippen LogP contribution in [0.1, 0.15) is 13.3 Å². The van der Waals surface area contributed by atoms with Crippen LogP contribution in [0.3, 0.4) is 0 Å². The Morgan fingerprint density at radius 3 is 2.43 bits per heavy atom. The van der Waals surface area contributed by atoms with E-state index in [-0.39, 0.29) is 42.0 Å². The molecule has 2 aliphatic heterocycles. The van der Waals surface area contributed by atoms with Crippen LogP contribution in [-0.2, 0) is 32.6 Å². The number of fused-ring (bicyclic) bond motifs is 5. The first-order chi connectivity index (χ1) is 6.61. The molecule has 3 rings (SSSR count). The van der Waals surface area contributed by atoms with Crippen LogP contribution in [0.5, 0.6) is 0 Å². The molecule has 0 spiro atoms. The summed E-state index contributed by atoms with van der Waals surface area (Å²) in [5, 5.41) is 0. The van der Waals surface area contributed by atoms with Gasteiger partial charge in [-0.2, -0.15) is 0 Å². The molecule has 1 saturated carbocycles. The molecule has 4 heteroatoms. The number of Topliss-reactive ketones (excluding diaryl/α,β-unsaturated/α-hetero) is 2. The van der Waals surface area contributed by atoms with Gasteiger partial charge in [0.2, 0.25) is 0 Å². The van der Waals surface area contributed by atoms with Crippen LogP contribution in [0, 0.1) is 17.8 Å². The van der Waals surface area contributed by atoms with Crippen LogP contribution >= 0.6 is 0 Å². The molecule has 0 N–H and O–H groups in total. The molecule has 3 fully saturated rings. The minimum atomic E-state index is -0.116. The zero-order chi connectivity index (χ0) is 10.0. The zero-order valence-corrected chi connectivity index (χ0v) is 9.49. The van der Waals surface area contributed by atoms with Crippen LogP contribution in [0.4, 0.5) is 0 Å². The fraction of sp³-hybridized carbons (Fsp3) is 0.800. The second-order valence-corrected chi connectivity index (χ2v) is 5.67. The molecule has 6 unspecified atom stereocenters. The van der Waals surface area contributed by atoms with Gasteiger partial charge in [0.1, 0.15) is 0 Å². The summed E-state index contributed by atoms with van der Waals surface area (Å²) in [5.41, 5.74) is 0. The van der Waals surface area contributed by atoms with Gasteiger partial charge in [-0.25, -0.2) is 0 Å². The SMILES string of the molecule is CC1[CH]([Ru])C2OC1C1C(=O)CC(=O)C21. The second-order valence-electron chi connectivity index (χ2n) is 4.51. The van der Waals surface area contributed by atoms with E-state index in [0.29, 0.717) is 10.4 Å². The van der Waals surface area contributed by atoms with Crippen LogP contribution in [0.2, 0.25) is 4.51 Å².